The summed E-state index contributed by atoms with van der Waals surface area (Å²) in [6.45, 7) is 1.40. The lowest BCUT2D eigenvalue weighted by atomic mass is 10.2. The molecule has 0 aliphatic carbocycles. The molecule has 0 saturated carbocycles. The predicted octanol–water partition coefficient (Wildman–Crippen LogP) is 1.78. The first-order chi connectivity index (χ1) is 7.59. The van der Waals surface area contributed by atoms with Crippen molar-refractivity contribution >= 4 is 22.6 Å². The Bertz CT molecular complexity index is 600. The number of hydrogen-bond acceptors (Lipinski definition) is 3. The van der Waals surface area contributed by atoms with Crippen molar-refractivity contribution in [3.8, 4) is 0 Å². The molecule has 1 amide bonds. The van der Waals surface area contributed by atoms with Crippen LogP contribution in [0.1, 0.15) is 6.92 Å². The highest BCUT2D eigenvalue weighted by atomic mass is 16.4. The lowest BCUT2D eigenvalue weighted by molar-refractivity contribution is -0.116. The molecule has 1 aromatic carbocycles. The van der Waals surface area contributed by atoms with Crippen molar-refractivity contribution in [2.45, 2.75) is 6.92 Å². The molecule has 0 unspecified atom stereocenters. The highest BCUT2D eigenvalue weighted by molar-refractivity contribution is 5.92. The number of para-hydroxylation sites is 1. The molecule has 0 spiro atoms. The molecule has 4 heteroatoms. The van der Waals surface area contributed by atoms with E-state index in [0.717, 1.165) is 5.39 Å². The van der Waals surface area contributed by atoms with Crippen LogP contribution in [0.3, 0.4) is 0 Å². The Hall–Kier alpha value is -2.10. The molecule has 2 rings (SSSR count). The number of rotatable bonds is 1. The Labute approximate surface area is 92.1 Å². The van der Waals surface area contributed by atoms with E-state index in [1.165, 1.54) is 11.8 Å². The van der Waals surface area contributed by atoms with Crippen LogP contribution in [-0.4, -0.2) is 13.0 Å². The zero-order chi connectivity index (χ0) is 11.7. The SMILES string of the molecule is CC(=O)N(C)c1cc2ccccc2oc1=O. The van der Waals surface area contributed by atoms with Gasteiger partial charge in [-0.25, -0.2) is 4.79 Å². The summed E-state index contributed by atoms with van der Waals surface area (Å²) in [5.41, 5.74) is 0.274. The molecule has 0 aliphatic heterocycles. The second-order valence-electron chi connectivity index (χ2n) is 3.53. The second-order valence-corrected chi connectivity index (χ2v) is 3.53. The molecule has 4 nitrogen and oxygen atoms in total. The number of benzene rings is 1. The largest absolute Gasteiger partial charge is 0.421 e. The van der Waals surface area contributed by atoms with Crippen molar-refractivity contribution in [1.82, 2.24) is 0 Å². The van der Waals surface area contributed by atoms with Gasteiger partial charge in [0.15, 0.2) is 0 Å². The van der Waals surface area contributed by atoms with E-state index >= 15 is 0 Å². The van der Waals surface area contributed by atoms with Gasteiger partial charge >= 0.3 is 5.63 Å². The lowest BCUT2D eigenvalue weighted by Crippen LogP contribution is -2.27. The van der Waals surface area contributed by atoms with Gasteiger partial charge in [0.05, 0.1) is 0 Å². The van der Waals surface area contributed by atoms with Crippen LogP contribution in [0.4, 0.5) is 5.69 Å². The van der Waals surface area contributed by atoms with Crippen molar-refractivity contribution in [3.05, 3.63) is 40.8 Å². The highest BCUT2D eigenvalue weighted by Crippen LogP contribution is 2.17. The van der Waals surface area contributed by atoms with Gasteiger partial charge in [-0.15, -0.1) is 0 Å². The molecular formula is C12H11NO3. The first kappa shape index (κ1) is 10.4. The van der Waals surface area contributed by atoms with Crippen LogP contribution in [-0.2, 0) is 4.79 Å². The number of amides is 1. The zero-order valence-electron chi connectivity index (χ0n) is 9.06. The number of nitrogens with zero attached hydrogens (tertiary/aromatic N) is 1. The molecule has 16 heavy (non-hydrogen) atoms. The molecular weight excluding hydrogens is 206 g/mol. The molecule has 82 valence electrons. The first-order valence-corrected chi connectivity index (χ1v) is 4.87. The normalized spacial score (nSPS) is 10.4. The molecule has 0 atom stereocenters. The quantitative estimate of drug-likeness (QED) is 0.684. The van der Waals surface area contributed by atoms with Gasteiger partial charge in [0.2, 0.25) is 5.91 Å². The van der Waals surface area contributed by atoms with Crippen molar-refractivity contribution in [1.29, 1.82) is 0 Å². The topological polar surface area (TPSA) is 50.5 Å². The number of anilines is 1. The first-order valence-electron chi connectivity index (χ1n) is 4.87. The van der Waals surface area contributed by atoms with Gasteiger partial charge in [-0.1, -0.05) is 18.2 Å². The van der Waals surface area contributed by atoms with Crippen LogP contribution in [0.15, 0.2) is 39.5 Å². The summed E-state index contributed by atoms with van der Waals surface area (Å²) in [5.74, 6) is -0.206. The van der Waals surface area contributed by atoms with Gasteiger partial charge in [-0.3, -0.25) is 4.79 Å². The summed E-state index contributed by atoms with van der Waals surface area (Å²) in [5, 5.41) is 0.796. The van der Waals surface area contributed by atoms with Crippen LogP contribution in [0.25, 0.3) is 11.0 Å². The van der Waals surface area contributed by atoms with Crippen molar-refractivity contribution < 1.29 is 9.21 Å². The fourth-order valence-electron chi connectivity index (χ4n) is 1.45. The van der Waals surface area contributed by atoms with Crippen LogP contribution in [0.5, 0.6) is 0 Å². The number of carbonyl (C=O) groups excluding carboxylic acids is 1. The van der Waals surface area contributed by atoms with Crippen LogP contribution < -0.4 is 10.5 Å². The molecule has 0 saturated heterocycles. The minimum absolute atomic E-state index is 0.206. The smallest absolute Gasteiger partial charge is 0.360 e. The zero-order valence-corrected chi connectivity index (χ0v) is 9.06. The maximum Gasteiger partial charge on any atom is 0.360 e. The van der Waals surface area contributed by atoms with E-state index in [1.807, 2.05) is 12.1 Å². The third kappa shape index (κ3) is 1.69. The van der Waals surface area contributed by atoms with E-state index in [4.69, 9.17) is 4.42 Å². The minimum Gasteiger partial charge on any atom is -0.421 e. The van der Waals surface area contributed by atoms with E-state index in [2.05, 4.69) is 0 Å². The molecule has 0 bridgehead atoms. The predicted molar refractivity (Wildman–Crippen MR) is 61.6 cm³/mol. The summed E-state index contributed by atoms with van der Waals surface area (Å²) in [4.78, 5) is 24.1. The Morgan fingerprint density at radius 1 is 1.31 bits per heavy atom. The Kier molecular flexibility index (Phi) is 2.48. The molecule has 0 radical (unpaired) electrons. The van der Waals surface area contributed by atoms with Gasteiger partial charge in [-0.05, 0) is 12.1 Å². The average molecular weight is 217 g/mol. The van der Waals surface area contributed by atoms with Gasteiger partial charge in [0.1, 0.15) is 11.3 Å². The molecule has 0 fully saturated rings. The van der Waals surface area contributed by atoms with E-state index in [1.54, 1.807) is 25.2 Å². The van der Waals surface area contributed by atoms with Crippen molar-refractivity contribution in [2.75, 3.05) is 11.9 Å². The van der Waals surface area contributed by atoms with Crippen LogP contribution in [0.2, 0.25) is 0 Å². The average Bonchev–Trinajstić information content (AvgIpc) is 2.27. The van der Waals surface area contributed by atoms with Crippen molar-refractivity contribution in [3.63, 3.8) is 0 Å². The maximum atomic E-state index is 11.6. The van der Waals surface area contributed by atoms with E-state index in [0.29, 0.717) is 5.58 Å². The fourth-order valence-corrected chi connectivity index (χ4v) is 1.45. The Morgan fingerprint density at radius 3 is 2.69 bits per heavy atom. The summed E-state index contributed by atoms with van der Waals surface area (Å²) in [6, 6.07) is 8.84. The fraction of sp³-hybridized carbons (Fsp3) is 0.167. The highest BCUT2D eigenvalue weighted by Gasteiger charge is 2.12. The van der Waals surface area contributed by atoms with Crippen LogP contribution >= 0.6 is 0 Å². The number of carbonyl (C=O) groups is 1. The number of fused-ring (bicyclic) bond motifs is 1. The lowest BCUT2D eigenvalue weighted by Gasteiger charge is -2.13. The molecule has 1 heterocycles. The summed E-state index contributed by atoms with van der Waals surface area (Å²) in [7, 11) is 1.54. The molecule has 0 N–H and O–H groups in total. The molecule has 0 aliphatic rings. The van der Waals surface area contributed by atoms with Gasteiger partial charge < -0.3 is 9.32 Å². The third-order valence-corrected chi connectivity index (χ3v) is 2.46. The second kappa shape index (κ2) is 3.81. The monoisotopic (exact) mass is 217 g/mol. The van der Waals surface area contributed by atoms with Gasteiger partial charge in [0, 0.05) is 19.4 Å². The molecule has 1 aromatic heterocycles. The van der Waals surface area contributed by atoms with E-state index in [9.17, 15) is 9.59 Å². The maximum absolute atomic E-state index is 11.6. The standard InChI is InChI=1S/C12H11NO3/c1-8(14)13(2)10-7-9-5-3-4-6-11(9)16-12(10)15/h3-7H,1-2H3. The Balaban J connectivity index is 2.67. The summed E-state index contributed by atoms with van der Waals surface area (Å²) < 4.78 is 5.11. The minimum atomic E-state index is -0.503. The third-order valence-electron chi connectivity index (χ3n) is 2.46. The summed E-state index contributed by atoms with van der Waals surface area (Å²) in [6.07, 6.45) is 0. The van der Waals surface area contributed by atoms with E-state index < -0.39 is 5.63 Å². The van der Waals surface area contributed by atoms with Crippen LogP contribution in [0, 0.1) is 0 Å². The summed E-state index contributed by atoms with van der Waals surface area (Å²) >= 11 is 0. The van der Waals surface area contributed by atoms with Crippen molar-refractivity contribution in [2.24, 2.45) is 0 Å². The number of hydrogen-bond donors (Lipinski definition) is 0. The Morgan fingerprint density at radius 2 is 2.00 bits per heavy atom. The van der Waals surface area contributed by atoms with E-state index in [-0.39, 0.29) is 11.6 Å². The van der Waals surface area contributed by atoms with Gasteiger partial charge in [-0.2, -0.15) is 0 Å². The molecule has 2 aromatic rings. The van der Waals surface area contributed by atoms with Gasteiger partial charge in [0.25, 0.3) is 0 Å².